The van der Waals surface area contributed by atoms with Gasteiger partial charge in [0.05, 0.1) is 56.2 Å². The number of halogens is 1. The molecule has 3 aromatic heterocycles. The van der Waals surface area contributed by atoms with Gasteiger partial charge in [-0.25, -0.2) is 24.7 Å². The zero-order valence-corrected chi connectivity index (χ0v) is 45.8. The molecule has 16 heteroatoms. The molecule has 1 fully saturated rings. The van der Waals surface area contributed by atoms with Crippen LogP contribution in [-0.4, -0.2) is 79.3 Å². The summed E-state index contributed by atoms with van der Waals surface area (Å²) in [5, 5.41) is 1.10. The first kappa shape index (κ1) is 52.8. The quantitative estimate of drug-likeness (QED) is 0.0666. The third-order valence-corrected chi connectivity index (χ3v) is 15.8. The van der Waals surface area contributed by atoms with Crippen LogP contribution in [0.4, 0.5) is 0 Å². The number of nitrogens with zero attached hydrogens (tertiary/aromatic N) is 4. The van der Waals surface area contributed by atoms with Crippen LogP contribution in [0.5, 0.6) is 40.4 Å². The van der Waals surface area contributed by atoms with E-state index in [2.05, 4.69) is 17.1 Å². The van der Waals surface area contributed by atoms with Crippen molar-refractivity contribution in [3.63, 3.8) is 0 Å². The largest absolute Gasteiger partial charge is 0.497 e. The molecule has 2 atom stereocenters. The third-order valence-electron chi connectivity index (χ3n) is 14.1. The second kappa shape index (κ2) is 23.4. The van der Waals surface area contributed by atoms with Gasteiger partial charge in [0.1, 0.15) is 64.5 Å². The molecule has 0 spiro atoms. The summed E-state index contributed by atoms with van der Waals surface area (Å²) in [7, 11) is 4.90. The number of carbonyl (C=O) groups is 1. The second-order valence-electron chi connectivity index (χ2n) is 19.1. The first-order valence-corrected chi connectivity index (χ1v) is 27.3. The smallest absolute Gasteiger partial charge is 0.347 e. The molecular weight excluding hydrogens is 1040 g/mol. The summed E-state index contributed by atoms with van der Waals surface area (Å²) >= 11 is 9.09. The molecular formula is C63H57ClN4O10S. The lowest BCUT2D eigenvalue weighted by molar-refractivity contribution is -0.151. The zero-order valence-electron chi connectivity index (χ0n) is 44.3. The maximum absolute atomic E-state index is 14.3. The molecule has 0 N–H and O–H groups in total. The molecule has 12 rings (SSSR count). The Balaban J connectivity index is 1.03. The minimum Gasteiger partial charge on any atom is -0.497 e. The van der Waals surface area contributed by atoms with Crippen molar-refractivity contribution >= 4 is 39.1 Å². The van der Waals surface area contributed by atoms with Gasteiger partial charge in [-0.2, -0.15) is 0 Å². The average molecular weight is 1100 g/mol. The number of ether oxygens (including phenoxy) is 9. The van der Waals surface area contributed by atoms with Crippen LogP contribution in [0.25, 0.3) is 32.7 Å². The average Bonchev–Trinajstić information content (AvgIpc) is 4.43. The maximum Gasteiger partial charge on any atom is 0.347 e. The highest BCUT2D eigenvalue weighted by atomic mass is 35.5. The monoisotopic (exact) mass is 1100 g/mol. The van der Waals surface area contributed by atoms with Crippen molar-refractivity contribution < 1.29 is 47.4 Å². The van der Waals surface area contributed by atoms with E-state index in [0.29, 0.717) is 67.9 Å². The highest BCUT2D eigenvalue weighted by Gasteiger charge is 2.40. The molecule has 0 saturated heterocycles. The van der Waals surface area contributed by atoms with Gasteiger partial charge in [-0.3, -0.25) is 0 Å². The molecule has 5 heterocycles. The Morgan fingerprint density at radius 2 is 1.48 bits per heavy atom. The fourth-order valence-electron chi connectivity index (χ4n) is 9.99. The molecule has 6 aromatic carbocycles. The van der Waals surface area contributed by atoms with E-state index in [0.717, 1.165) is 61.5 Å². The molecule has 79 heavy (non-hydrogen) atoms. The lowest BCUT2D eigenvalue weighted by Crippen LogP contribution is -2.39. The Morgan fingerprint density at radius 3 is 2.19 bits per heavy atom. The number of aromatic nitrogens is 4. The van der Waals surface area contributed by atoms with E-state index in [9.17, 15) is 4.79 Å². The van der Waals surface area contributed by atoms with Crippen molar-refractivity contribution in [3.8, 4) is 62.9 Å². The maximum atomic E-state index is 14.3. The summed E-state index contributed by atoms with van der Waals surface area (Å²) in [5.74, 6) is 3.86. The summed E-state index contributed by atoms with van der Waals surface area (Å²) < 4.78 is 57.3. The van der Waals surface area contributed by atoms with Crippen LogP contribution >= 0.6 is 22.9 Å². The first-order valence-electron chi connectivity index (χ1n) is 26.1. The van der Waals surface area contributed by atoms with E-state index in [1.807, 2.05) is 128 Å². The Bertz CT molecular complexity index is 3570. The molecule has 9 aromatic rings. The molecule has 402 valence electrons. The van der Waals surface area contributed by atoms with Gasteiger partial charge in [-0.15, -0.1) is 11.3 Å². The van der Waals surface area contributed by atoms with E-state index in [1.54, 1.807) is 51.9 Å². The zero-order chi connectivity index (χ0) is 54.5. The van der Waals surface area contributed by atoms with Crippen LogP contribution in [-0.2, 0) is 32.9 Å². The van der Waals surface area contributed by atoms with E-state index < -0.39 is 23.8 Å². The third kappa shape index (κ3) is 11.0. The van der Waals surface area contributed by atoms with Gasteiger partial charge in [0.25, 0.3) is 0 Å². The van der Waals surface area contributed by atoms with Crippen molar-refractivity contribution in [2.45, 2.75) is 63.4 Å². The molecule has 0 amide bonds. The Labute approximate surface area is 467 Å². The highest BCUT2D eigenvalue weighted by molar-refractivity contribution is 7.19. The van der Waals surface area contributed by atoms with Crippen molar-refractivity contribution in [2.24, 2.45) is 0 Å². The lowest BCUT2D eigenvalue weighted by atomic mass is 9.80. The Morgan fingerprint density at radius 1 is 0.759 bits per heavy atom. The summed E-state index contributed by atoms with van der Waals surface area (Å²) in [6.45, 7) is 3.93. The fourth-order valence-corrected chi connectivity index (χ4v) is 11.5. The molecule has 1 saturated carbocycles. The van der Waals surface area contributed by atoms with E-state index in [-0.39, 0.29) is 38.7 Å². The van der Waals surface area contributed by atoms with E-state index in [1.165, 1.54) is 6.33 Å². The topological polar surface area (TPSA) is 152 Å². The van der Waals surface area contributed by atoms with Crippen molar-refractivity contribution in [2.75, 3.05) is 41.2 Å². The standard InChI is InChI=1S/C63H57ClN4O10S/c1-6-73-62(69)54-33-40-32-47(26-28-51(40)75-34-44-30-31-65-59(68-44)50-14-10-11-15-52(50)72-5)74-35-48(77-53-29-27-49(38(2)57(53)64)55-56-60(78-54)66-37-67-61(56)79-58(55)39-16-17-39)36-76-63(41-12-8-7-9-13-41,42-18-22-45(70-3)23-19-42)43-20-24-46(71-4)25-21-43/h7-15,18-32,37,39,48,54H,6,16-17,33-36H2,1-5H3/t48-,54-/m1/s1. The lowest BCUT2D eigenvalue weighted by Gasteiger charge is -2.37. The number of esters is 1. The fraction of sp³-hybridized carbons (Fsp3) is 0.254. The molecule has 1 aliphatic carbocycles. The number of fused-ring (bicyclic) bond motifs is 7. The van der Waals surface area contributed by atoms with Gasteiger partial charge < -0.3 is 42.6 Å². The SMILES string of the molecule is CCOC(=O)[C@H]1Cc2cc(ccc2OCc2ccnc(-c3ccccc3OC)n2)OC[C@H](COC(c2ccccc2)(c2ccc(OC)cc2)c2ccc(OC)cc2)Oc2ccc(c(C)c2Cl)-c2c(C3CC3)sc3ncnc(c23)O1. The van der Waals surface area contributed by atoms with Gasteiger partial charge in [-0.1, -0.05) is 84.4 Å². The number of hydrogen-bond donors (Lipinski definition) is 0. The molecule has 0 radical (unpaired) electrons. The number of methoxy groups -OCH3 is 3. The molecule has 0 unspecified atom stereocenters. The summed E-state index contributed by atoms with van der Waals surface area (Å²) in [6, 6.07) is 44.5. The van der Waals surface area contributed by atoms with Crippen LogP contribution in [0, 0.1) is 6.92 Å². The van der Waals surface area contributed by atoms with Gasteiger partial charge in [0.15, 0.2) is 11.9 Å². The van der Waals surface area contributed by atoms with E-state index in [4.69, 9.17) is 69.2 Å². The molecule has 2 aliphatic heterocycles. The van der Waals surface area contributed by atoms with E-state index >= 15 is 0 Å². The summed E-state index contributed by atoms with van der Waals surface area (Å²) in [4.78, 5) is 35.0. The summed E-state index contributed by atoms with van der Waals surface area (Å²) in [5.41, 5.74) is 5.91. The van der Waals surface area contributed by atoms with Gasteiger partial charge >= 0.3 is 5.97 Å². The summed E-state index contributed by atoms with van der Waals surface area (Å²) in [6.07, 6.45) is 3.26. The van der Waals surface area contributed by atoms with Gasteiger partial charge in [0.2, 0.25) is 12.0 Å². The van der Waals surface area contributed by atoms with Crippen molar-refractivity contribution in [3.05, 3.63) is 195 Å². The van der Waals surface area contributed by atoms with Crippen LogP contribution in [0.3, 0.4) is 0 Å². The first-order chi connectivity index (χ1) is 38.7. The predicted molar refractivity (Wildman–Crippen MR) is 302 cm³/mol. The van der Waals surface area contributed by atoms with Crippen LogP contribution < -0.4 is 33.2 Å². The van der Waals surface area contributed by atoms with Crippen molar-refractivity contribution in [1.82, 2.24) is 19.9 Å². The second-order valence-corrected chi connectivity index (χ2v) is 20.5. The Kier molecular flexibility index (Phi) is 15.6. The number of rotatable bonds is 16. The number of carbonyl (C=O) groups excluding carboxylic acids is 1. The van der Waals surface area contributed by atoms with Crippen LogP contribution in [0.1, 0.15) is 64.1 Å². The van der Waals surface area contributed by atoms with Gasteiger partial charge in [0, 0.05) is 28.6 Å². The minimum atomic E-state index is -1.18. The van der Waals surface area contributed by atoms with Crippen LogP contribution in [0.15, 0.2) is 152 Å². The van der Waals surface area contributed by atoms with Crippen molar-refractivity contribution in [1.29, 1.82) is 0 Å². The molecule has 4 bridgehead atoms. The normalized spacial score (nSPS) is 15.3. The minimum absolute atomic E-state index is 0.00462. The number of benzene rings is 6. The van der Waals surface area contributed by atoms with Crippen LogP contribution in [0.2, 0.25) is 5.02 Å². The predicted octanol–water partition coefficient (Wildman–Crippen LogP) is 13.0. The molecule has 3 aliphatic rings. The number of para-hydroxylation sites is 1. The highest BCUT2D eigenvalue weighted by Crippen LogP contribution is 2.54. The number of hydrogen-bond acceptors (Lipinski definition) is 15. The molecule has 14 nitrogen and oxygen atoms in total. The number of thiophene rings is 1. The van der Waals surface area contributed by atoms with Gasteiger partial charge in [-0.05, 0) is 127 Å². The Hall–Kier alpha value is -8.24.